The summed E-state index contributed by atoms with van der Waals surface area (Å²) in [5.74, 6) is -0.780. The molecule has 0 saturated carbocycles. The predicted molar refractivity (Wildman–Crippen MR) is 390 cm³/mol. The predicted octanol–water partition coefficient (Wildman–Crippen LogP) is 25.3. The molecule has 0 aromatic heterocycles. The maximum absolute atomic E-state index is 12.9. The van der Waals surface area contributed by atoms with E-state index < -0.39 is 26.5 Å². The van der Waals surface area contributed by atoms with Crippen molar-refractivity contribution in [3.63, 3.8) is 0 Å². The van der Waals surface area contributed by atoms with Crippen molar-refractivity contribution in [1.29, 1.82) is 0 Å². The Morgan fingerprint density at radius 2 is 0.633 bits per heavy atom. The van der Waals surface area contributed by atoms with Gasteiger partial charge in [-0.2, -0.15) is 0 Å². The Morgan fingerprint density at radius 3 is 0.944 bits per heavy atom. The van der Waals surface area contributed by atoms with Crippen LogP contribution >= 0.6 is 7.82 Å². The van der Waals surface area contributed by atoms with E-state index in [0.29, 0.717) is 23.9 Å². The second-order valence-electron chi connectivity index (χ2n) is 27.0. The number of rotatable bonds is 71. The van der Waals surface area contributed by atoms with Crippen LogP contribution in [-0.4, -0.2) is 74.9 Å². The van der Waals surface area contributed by atoms with Gasteiger partial charge in [-0.25, -0.2) is 4.57 Å². The number of likely N-dealkylation sites (N-methyl/N-ethyl adjacent to an activating group) is 1. The SMILES string of the molecule is CC/C=C\C/C=C\C/C=C\C/C=C\CCCCCCCCCCCCCCCCCCCCCCC(=O)OC(COC(=O)CCCCCCCCCCCCCCCCCCCC/C=C\C/C=C\C/C=C\CCCCCCC)COP(=O)(O)OCC[N+](C)(C)C. The number of carbonyl (C=O) groups excluding carboxylic acids is 2. The molecule has 10 heteroatoms. The molecular formula is C80H147NO8P+. The fourth-order valence-corrected chi connectivity index (χ4v) is 11.8. The second kappa shape index (κ2) is 70.5. The van der Waals surface area contributed by atoms with E-state index in [-0.39, 0.29) is 25.6 Å². The summed E-state index contributed by atoms with van der Waals surface area (Å²) in [6.45, 7) is 4.36. The molecule has 524 valence electrons. The first kappa shape index (κ1) is 87.2. The van der Waals surface area contributed by atoms with E-state index in [0.717, 1.165) is 70.6 Å². The minimum absolute atomic E-state index is 0.0320. The van der Waals surface area contributed by atoms with Crippen LogP contribution in [0.5, 0.6) is 0 Å². The topological polar surface area (TPSA) is 108 Å². The third kappa shape index (κ3) is 74.2. The van der Waals surface area contributed by atoms with Gasteiger partial charge in [0, 0.05) is 12.8 Å². The van der Waals surface area contributed by atoms with Crippen molar-refractivity contribution in [2.24, 2.45) is 0 Å². The molecule has 2 unspecified atom stereocenters. The zero-order chi connectivity index (χ0) is 65.5. The summed E-state index contributed by atoms with van der Waals surface area (Å²) in [4.78, 5) is 36.0. The Labute approximate surface area is 558 Å². The van der Waals surface area contributed by atoms with Crippen LogP contribution in [0, 0.1) is 0 Å². The lowest BCUT2D eigenvalue weighted by atomic mass is 10.0. The molecule has 2 atom stereocenters. The van der Waals surface area contributed by atoms with E-state index in [4.69, 9.17) is 18.5 Å². The molecule has 0 saturated heterocycles. The number of esters is 2. The molecule has 0 amide bonds. The maximum Gasteiger partial charge on any atom is 0.472 e. The first-order valence-corrected chi connectivity index (χ1v) is 39.8. The monoisotopic (exact) mass is 1280 g/mol. The zero-order valence-corrected chi connectivity index (χ0v) is 60.8. The number of ether oxygens (including phenoxy) is 2. The smallest absolute Gasteiger partial charge is 0.462 e. The van der Waals surface area contributed by atoms with Crippen molar-refractivity contribution in [2.75, 3.05) is 47.5 Å². The number of phosphoric acid groups is 1. The van der Waals surface area contributed by atoms with Crippen molar-refractivity contribution in [1.82, 2.24) is 0 Å². The van der Waals surface area contributed by atoms with Gasteiger partial charge in [0.1, 0.15) is 19.8 Å². The number of nitrogens with zero attached hydrogens (tertiary/aromatic N) is 1. The van der Waals surface area contributed by atoms with Crippen LogP contribution in [0.3, 0.4) is 0 Å². The average Bonchev–Trinajstić information content (AvgIpc) is 3.58. The fraction of sp³-hybridized carbons (Fsp3) is 0.800. The fourth-order valence-electron chi connectivity index (χ4n) is 11.1. The van der Waals surface area contributed by atoms with Crippen LogP contribution in [-0.2, 0) is 32.7 Å². The molecule has 0 bridgehead atoms. The first-order chi connectivity index (χ1) is 44.0. The third-order valence-corrected chi connectivity index (χ3v) is 17.9. The Balaban J connectivity index is 3.96. The molecule has 0 aromatic rings. The van der Waals surface area contributed by atoms with Crippen molar-refractivity contribution < 1.29 is 42.1 Å². The van der Waals surface area contributed by atoms with Gasteiger partial charge in [0.25, 0.3) is 0 Å². The summed E-state index contributed by atoms with van der Waals surface area (Å²) in [5, 5.41) is 0. The van der Waals surface area contributed by atoms with Gasteiger partial charge in [0.2, 0.25) is 0 Å². The minimum Gasteiger partial charge on any atom is -0.462 e. The third-order valence-electron chi connectivity index (χ3n) is 16.9. The van der Waals surface area contributed by atoms with Crippen LogP contribution in [0.2, 0.25) is 0 Å². The number of hydrogen-bond donors (Lipinski definition) is 1. The Bertz CT molecular complexity index is 1800. The summed E-state index contributed by atoms with van der Waals surface area (Å²) < 4.78 is 34.8. The highest BCUT2D eigenvalue weighted by molar-refractivity contribution is 7.47. The quantitative estimate of drug-likeness (QED) is 0.0211. The second-order valence-corrected chi connectivity index (χ2v) is 28.5. The van der Waals surface area contributed by atoms with Crippen molar-refractivity contribution >= 4 is 19.8 Å². The number of unbranched alkanes of at least 4 members (excludes halogenated alkanes) is 43. The first-order valence-electron chi connectivity index (χ1n) is 38.3. The standard InChI is InChI=1S/C80H146NO8P/c1-6-8-10-12-14-16-18-20-22-24-26-28-30-32-34-36-38-40-42-44-46-48-50-52-54-56-58-60-62-64-66-68-70-72-79(82)86-76-78(77-88-90(84,85)87-75-74-81(3,4)5)89-80(83)73-71-69-67-65-63-61-59-57-55-53-51-49-47-45-43-41-39-37-35-33-31-29-27-25-23-21-19-17-15-13-11-9-7-2/h9,11,15,17-18,20-21,23-24,26-27,29-30,32,78H,6-8,10,12-14,16,19,22,25,28,31,33-77H2,1-5H3/p+1/b11-9-,17-15-,20-18-,23-21-,26-24-,29-27-,32-30-. The normalized spacial score (nSPS) is 13.5. The van der Waals surface area contributed by atoms with Gasteiger partial charge in [0.05, 0.1) is 27.7 Å². The number of allylic oxidation sites excluding steroid dienone is 14. The number of quaternary nitrogens is 1. The Kier molecular flexibility index (Phi) is 68.3. The largest absolute Gasteiger partial charge is 0.472 e. The van der Waals surface area contributed by atoms with Gasteiger partial charge in [-0.05, 0) is 89.9 Å². The Morgan fingerprint density at radius 1 is 0.356 bits per heavy atom. The van der Waals surface area contributed by atoms with E-state index >= 15 is 0 Å². The average molecular weight is 1280 g/mol. The molecule has 0 fully saturated rings. The molecule has 0 aromatic carbocycles. The summed E-state index contributed by atoms with van der Waals surface area (Å²) in [5.41, 5.74) is 0. The van der Waals surface area contributed by atoms with Crippen LogP contribution in [0.1, 0.15) is 361 Å². The van der Waals surface area contributed by atoms with E-state index in [1.165, 1.54) is 257 Å². The molecule has 0 rings (SSSR count). The van der Waals surface area contributed by atoms with Gasteiger partial charge < -0.3 is 18.9 Å². The molecule has 0 heterocycles. The van der Waals surface area contributed by atoms with Gasteiger partial charge >= 0.3 is 19.8 Å². The lowest BCUT2D eigenvalue weighted by Crippen LogP contribution is -2.37. The molecule has 90 heavy (non-hydrogen) atoms. The summed E-state index contributed by atoms with van der Waals surface area (Å²) in [6.07, 6.45) is 97.1. The van der Waals surface area contributed by atoms with Crippen LogP contribution in [0.25, 0.3) is 0 Å². The zero-order valence-electron chi connectivity index (χ0n) is 59.9. The van der Waals surface area contributed by atoms with E-state index in [1.54, 1.807) is 0 Å². The van der Waals surface area contributed by atoms with Gasteiger partial charge in [-0.3, -0.25) is 18.6 Å². The van der Waals surface area contributed by atoms with Gasteiger partial charge in [-0.1, -0.05) is 343 Å². The van der Waals surface area contributed by atoms with Crippen LogP contribution in [0.4, 0.5) is 0 Å². The molecule has 0 aliphatic rings. The maximum atomic E-state index is 12.9. The molecule has 9 nitrogen and oxygen atoms in total. The van der Waals surface area contributed by atoms with Crippen molar-refractivity contribution in [2.45, 2.75) is 367 Å². The summed E-state index contributed by atoms with van der Waals surface area (Å²) in [6, 6.07) is 0. The number of carbonyl (C=O) groups is 2. The molecule has 1 N–H and O–H groups in total. The summed E-state index contributed by atoms with van der Waals surface area (Å²) >= 11 is 0. The highest BCUT2D eigenvalue weighted by atomic mass is 31.2. The molecule has 0 spiro atoms. The lowest BCUT2D eigenvalue weighted by Gasteiger charge is -2.24. The molecule has 0 radical (unpaired) electrons. The van der Waals surface area contributed by atoms with E-state index in [9.17, 15) is 19.0 Å². The Hall–Kier alpha value is -2.81. The summed E-state index contributed by atoms with van der Waals surface area (Å²) in [7, 11) is 1.49. The molecule has 0 aliphatic carbocycles. The van der Waals surface area contributed by atoms with Gasteiger partial charge in [0.15, 0.2) is 6.10 Å². The lowest BCUT2D eigenvalue weighted by molar-refractivity contribution is -0.870. The number of hydrogen-bond acceptors (Lipinski definition) is 7. The van der Waals surface area contributed by atoms with Crippen LogP contribution < -0.4 is 0 Å². The van der Waals surface area contributed by atoms with Gasteiger partial charge in [-0.15, -0.1) is 0 Å². The molecular weight excluding hydrogens is 1130 g/mol. The van der Waals surface area contributed by atoms with Crippen molar-refractivity contribution in [3.05, 3.63) is 85.1 Å². The van der Waals surface area contributed by atoms with E-state index in [1.807, 2.05) is 21.1 Å². The van der Waals surface area contributed by atoms with Crippen molar-refractivity contribution in [3.8, 4) is 0 Å². The van der Waals surface area contributed by atoms with E-state index in [2.05, 4.69) is 98.9 Å². The molecule has 0 aliphatic heterocycles. The highest BCUT2D eigenvalue weighted by Crippen LogP contribution is 2.43. The number of phosphoric ester groups is 1. The highest BCUT2D eigenvalue weighted by Gasteiger charge is 2.27. The van der Waals surface area contributed by atoms with Crippen LogP contribution in [0.15, 0.2) is 85.1 Å². The minimum atomic E-state index is -4.40.